The van der Waals surface area contributed by atoms with Crippen molar-refractivity contribution in [2.75, 3.05) is 6.61 Å². The summed E-state index contributed by atoms with van der Waals surface area (Å²) < 4.78 is 15.4. The molecule has 0 saturated carbocycles. The minimum absolute atomic E-state index is 0.118. The summed E-state index contributed by atoms with van der Waals surface area (Å²) in [5.41, 5.74) is -1.16. The van der Waals surface area contributed by atoms with Crippen molar-refractivity contribution in [1.29, 1.82) is 0 Å². The summed E-state index contributed by atoms with van der Waals surface area (Å²) >= 11 is 17.8. The second-order valence-electron chi connectivity index (χ2n) is 4.99. The minimum atomic E-state index is -1.47. The topological polar surface area (TPSA) is 61.8 Å². The molecule has 0 saturated heterocycles. The quantitative estimate of drug-likeness (QED) is 0.341. The molecule has 2 unspecified atom stereocenters. The molecule has 0 N–H and O–H groups in total. The van der Waals surface area contributed by atoms with E-state index in [0.29, 0.717) is 16.3 Å². The number of hydrogen-bond donors (Lipinski definition) is 0. The highest BCUT2D eigenvalue weighted by Gasteiger charge is 2.31. The Bertz CT molecular complexity index is 683. The van der Waals surface area contributed by atoms with Crippen LogP contribution in [0.2, 0.25) is 5.02 Å². The first-order chi connectivity index (χ1) is 12.3. The number of alkyl halides is 1. The molecule has 5 nitrogen and oxygen atoms in total. The third-order valence-corrected chi connectivity index (χ3v) is 4.00. The number of rotatable bonds is 8. The minimum Gasteiger partial charge on any atom is -0.463 e. The lowest BCUT2D eigenvalue weighted by Gasteiger charge is -2.20. The van der Waals surface area contributed by atoms with Crippen molar-refractivity contribution in [2.45, 2.75) is 32.4 Å². The van der Waals surface area contributed by atoms with Gasteiger partial charge in [-0.15, -0.1) is 0 Å². The molecule has 2 atom stereocenters. The van der Waals surface area contributed by atoms with Gasteiger partial charge in [-0.2, -0.15) is 0 Å². The first kappa shape index (κ1) is 22.4. The fourth-order valence-electron chi connectivity index (χ4n) is 1.78. The molecule has 1 rings (SSSR count). The van der Waals surface area contributed by atoms with Crippen LogP contribution >= 0.6 is 34.8 Å². The SMILES string of the molecule is CC=CC(Cl)=C(C)C(OC(=O)C(Cl)Oc1ccc(Cl)cc1)C(=O)OCC. The third kappa shape index (κ3) is 6.90. The van der Waals surface area contributed by atoms with Gasteiger partial charge in [0.2, 0.25) is 6.10 Å². The van der Waals surface area contributed by atoms with Crippen molar-refractivity contribution in [2.24, 2.45) is 0 Å². The molecule has 142 valence electrons. The predicted molar refractivity (Wildman–Crippen MR) is 102 cm³/mol. The molecular weight excluding hydrogens is 403 g/mol. The first-order valence-corrected chi connectivity index (χ1v) is 8.91. The molecule has 0 bridgehead atoms. The molecule has 26 heavy (non-hydrogen) atoms. The summed E-state index contributed by atoms with van der Waals surface area (Å²) in [7, 11) is 0. The summed E-state index contributed by atoms with van der Waals surface area (Å²) in [6.45, 7) is 5.07. The van der Waals surface area contributed by atoms with Gasteiger partial charge in [0, 0.05) is 10.1 Å². The van der Waals surface area contributed by atoms with Gasteiger partial charge in [0.15, 0.2) is 0 Å². The number of hydrogen-bond acceptors (Lipinski definition) is 5. The molecule has 0 aliphatic carbocycles. The van der Waals surface area contributed by atoms with E-state index in [1.165, 1.54) is 0 Å². The second-order valence-corrected chi connectivity index (χ2v) is 6.23. The van der Waals surface area contributed by atoms with Crippen molar-refractivity contribution in [1.82, 2.24) is 0 Å². The Hall–Kier alpha value is -1.69. The van der Waals surface area contributed by atoms with Gasteiger partial charge in [-0.1, -0.05) is 40.9 Å². The van der Waals surface area contributed by atoms with Crippen LogP contribution in [0, 0.1) is 0 Å². The number of carbonyl (C=O) groups excluding carboxylic acids is 2. The van der Waals surface area contributed by atoms with Crippen molar-refractivity contribution >= 4 is 46.7 Å². The molecule has 0 aliphatic rings. The second kappa shape index (κ2) is 11.1. The van der Waals surface area contributed by atoms with Crippen molar-refractivity contribution in [3.8, 4) is 5.75 Å². The van der Waals surface area contributed by atoms with E-state index in [-0.39, 0.29) is 11.6 Å². The van der Waals surface area contributed by atoms with Gasteiger partial charge in [-0.3, -0.25) is 0 Å². The highest BCUT2D eigenvalue weighted by atomic mass is 35.5. The summed E-state index contributed by atoms with van der Waals surface area (Å²) in [6.07, 6.45) is 1.92. The molecule has 0 amide bonds. The normalized spacial score (nSPS) is 14.4. The standard InChI is InChI=1S/C18H19Cl3O5/c1-4-6-14(20)11(3)15(17(22)24-5-2)26-18(23)16(21)25-13-9-7-12(19)8-10-13/h4,6-10,15-16H,5H2,1-3H3. The number of benzene rings is 1. The lowest BCUT2D eigenvalue weighted by molar-refractivity contribution is -0.167. The summed E-state index contributed by atoms with van der Waals surface area (Å²) in [6, 6.07) is 6.25. The number of esters is 2. The largest absolute Gasteiger partial charge is 0.463 e. The van der Waals surface area contributed by atoms with Crippen LogP contribution in [0.4, 0.5) is 0 Å². The molecule has 0 radical (unpaired) electrons. The van der Waals surface area contributed by atoms with Crippen LogP contribution in [0.15, 0.2) is 47.0 Å². The summed E-state index contributed by atoms with van der Waals surface area (Å²) in [5.74, 6) is -1.39. The van der Waals surface area contributed by atoms with E-state index < -0.39 is 23.6 Å². The highest BCUT2D eigenvalue weighted by Crippen LogP contribution is 2.21. The zero-order valence-electron chi connectivity index (χ0n) is 14.5. The predicted octanol–water partition coefficient (Wildman–Crippen LogP) is 4.85. The van der Waals surface area contributed by atoms with Crippen molar-refractivity contribution in [3.63, 3.8) is 0 Å². The van der Waals surface area contributed by atoms with E-state index in [0.717, 1.165) is 0 Å². The van der Waals surface area contributed by atoms with E-state index >= 15 is 0 Å². The van der Waals surface area contributed by atoms with Crippen molar-refractivity contribution in [3.05, 3.63) is 52.0 Å². The van der Waals surface area contributed by atoms with Crippen LogP contribution in [0.1, 0.15) is 20.8 Å². The zero-order valence-corrected chi connectivity index (χ0v) is 16.8. The van der Waals surface area contributed by atoms with Crippen LogP contribution < -0.4 is 4.74 Å². The number of carbonyl (C=O) groups is 2. The van der Waals surface area contributed by atoms with Crippen LogP contribution in [0.25, 0.3) is 0 Å². The fraction of sp³-hybridized carbons (Fsp3) is 0.333. The Labute approximate surface area is 167 Å². The van der Waals surface area contributed by atoms with E-state index in [9.17, 15) is 9.59 Å². The zero-order chi connectivity index (χ0) is 19.7. The number of allylic oxidation sites excluding steroid dienone is 3. The molecule has 0 aromatic heterocycles. The van der Waals surface area contributed by atoms with Crippen LogP contribution in [-0.2, 0) is 19.1 Å². The van der Waals surface area contributed by atoms with Gasteiger partial charge >= 0.3 is 11.9 Å². The Kier molecular flexibility index (Phi) is 9.55. The van der Waals surface area contributed by atoms with E-state index in [1.807, 2.05) is 0 Å². The Morgan fingerprint density at radius 2 is 1.81 bits per heavy atom. The molecule has 1 aromatic rings. The maximum Gasteiger partial charge on any atom is 0.364 e. The summed E-state index contributed by atoms with van der Waals surface area (Å²) in [4.78, 5) is 24.4. The molecule has 1 aromatic carbocycles. The van der Waals surface area contributed by atoms with E-state index in [1.54, 1.807) is 57.2 Å². The smallest absolute Gasteiger partial charge is 0.364 e. The van der Waals surface area contributed by atoms with Gasteiger partial charge in [0.1, 0.15) is 5.75 Å². The van der Waals surface area contributed by atoms with Gasteiger partial charge in [-0.25, -0.2) is 9.59 Å². The lowest BCUT2D eigenvalue weighted by atomic mass is 10.1. The van der Waals surface area contributed by atoms with Gasteiger partial charge < -0.3 is 14.2 Å². The van der Waals surface area contributed by atoms with Gasteiger partial charge in [0.05, 0.1) is 6.61 Å². The average molecular weight is 422 g/mol. The van der Waals surface area contributed by atoms with Crippen LogP contribution in [-0.4, -0.2) is 30.2 Å². The molecule has 0 fully saturated rings. The maximum atomic E-state index is 12.2. The monoisotopic (exact) mass is 420 g/mol. The Morgan fingerprint density at radius 1 is 1.19 bits per heavy atom. The molecule has 0 aliphatic heterocycles. The Morgan fingerprint density at radius 3 is 2.35 bits per heavy atom. The molecular formula is C18H19Cl3O5. The first-order valence-electron chi connectivity index (χ1n) is 7.72. The average Bonchev–Trinajstić information content (AvgIpc) is 2.61. The molecule has 8 heteroatoms. The number of ether oxygens (including phenoxy) is 3. The van der Waals surface area contributed by atoms with Gasteiger partial charge in [-0.05, 0) is 56.7 Å². The molecule has 0 heterocycles. The fourth-order valence-corrected chi connectivity index (χ4v) is 2.29. The molecule has 0 spiro atoms. The lowest BCUT2D eigenvalue weighted by Crippen LogP contribution is -2.35. The summed E-state index contributed by atoms with van der Waals surface area (Å²) in [5, 5.41) is 0.760. The van der Waals surface area contributed by atoms with E-state index in [4.69, 9.17) is 49.0 Å². The highest BCUT2D eigenvalue weighted by molar-refractivity contribution is 6.32. The van der Waals surface area contributed by atoms with Crippen molar-refractivity contribution < 1.29 is 23.8 Å². The number of halogens is 3. The Balaban J connectivity index is 2.91. The third-order valence-electron chi connectivity index (χ3n) is 3.06. The van der Waals surface area contributed by atoms with Crippen LogP contribution in [0.5, 0.6) is 5.75 Å². The van der Waals surface area contributed by atoms with E-state index in [2.05, 4.69) is 0 Å². The van der Waals surface area contributed by atoms with Gasteiger partial charge in [0.25, 0.3) is 5.56 Å². The maximum absolute atomic E-state index is 12.2. The van der Waals surface area contributed by atoms with Crippen LogP contribution in [0.3, 0.4) is 0 Å².